The first-order valence-electron chi connectivity index (χ1n) is 10.5. The maximum atomic E-state index is 12.7. The molecule has 3 amide bonds. The van der Waals surface area contributed by atoms with E-state index in [-0.39, 0.29) is 28.9 Å². The number of methoxy groups -OCH3 is 1. The zero-order valence-electron chi connectivity index (χ0n) is 18.4. The Balaban J connectivity index is 1.49. The van der Waals surface area contributed by atoms with Crippen molar-refractivity contribution in [3.05, 3.63) is 35.6 Å². The van der Waals surface area contributed by atoms with E-state index in [9.17, 15) is 19.2 Å². The molecule has 2 fully saturated rings. The number of piperazine rings is 1. The smallest absolute Gasteiger partial charge is 0.353 e. The normalized spacial score (nSPS) is 16.6. The van der Waals surface area contributed by atoms with Crippen molar-refractivity contribution < 1.29 is 28.7 Å². The zero-order valence-corrected chi connectivity index (χ0v) is 19.2. The highest BCUT2D eigenvalue weighted by molar-refractivity contribution is 7.13. The summed E-state index contributed by atoms with van der Waals surface area (Å²) in [7, 11) is 1.15. The summed E-state index contributed by atoms with van der Waals surface area (Å²) in [5.74, 6) is -1.98. The van der Waals surface area contributed by atoms with Crippen LogP contribution in [-0.4, -0.2) is 80.1 Å². The molecule has 11 nitrogen and oxygen atoms in total. The molecule has 0 radical (unpaired) electrons. The molecule has 33 heavy (non-hydrogen) atoms. The largest absolute Gasteiger partial charge is 0.464 e. The monoisotopic (exact) mass is 477 g/mol. The number of esters is 1. The molecule has 2 aliphatic heterocycles. The van der Waals surface area contributed by atoms with Crippen LogP contribution in [0, 0.1) is 5.92 Å². The Hall–Kier alpha value is -3.25. The van der Waals surface area contributed by atoms with Crippen molar-refractivity contribution >= 4 is 40.2 Å². The Morgan fingerprint density at radius 1 is 1.09 bits per heavy atom. The van der Waals surface area contributed by atoms with Crippen molar-refractivity contribution in [2.24, 2.45) is 5.92 Å². The number of carbonyl (C=O) groups is 4. The standard InChI is InChI=1S/C21H27N5O6S/c1-13(17(27)23-14(2)20(30)31-3)22-18(28)16-12-33-21(24-16)26-8-6-25(7-9-26)19(29)15-4-10-32-11-5-15/h12,15H,1-2,4-11H2,3H3,(H,22,28)(H,23,27). The minimum atomic E-state index is -0.804. The first kappa shape index (κ1) is 24.4. The number of nitrogens with one attached hydrogen (secondary N) is 2. The van der Waals surface area contributed by atoms with Crippen LogP contribution in [0.4, 0.5) is 5.13 Å². The molecule has 178 valence electrons. The molecule has 1 aromatic rings. The van der Waals surface area contributed by atoms with Crippen molar-refractivity contribution in [3.8, 4) is 0 Å². The topological polar surface area (TPSA) is 130 Å². The number of hydrogen-bond acceptors (Lipinski definition) is 9. The third-order valence-corrected chi connectivity index (χ3v) is 6.29. The summed E-state index contributed by atoms with van der Waals surface area (Å²) in [6.07, 6.45) is 1.54. The predicted molar refractivity (Wildman–Crippen MR) is 120 cm³/mol. The van der Waals surface area contributed by atoms with Crippen molar-refractivity contribution in [1.82, 2.24) is 20.5 Å². The minimum absolute atomic E-state index is 0.0375. The predicted octanol–water partition coefficient (Wildman–Crippen LogP) is 0.265. The molecule has 3 rings (SSSR count). The van der Waals surface area contributed by atoms with Gasteiger partial charge in [0.2, 0.25) is 5.91 Å². The van der Waals surface area contributed by atoms with E-state index in [1.807, 2.05) is 9.80 Å². The molecule has 0 bridgehead atoms. The van der Waals surface area contributed by atoms with Crippen molar-refractivity contribution in [2.75, 3.05) is 51.4 Å². The Labute approximate surface area is 195 Å². The summed E-state index contributed by atoms with van der Waals surface area (Å²) in [6, 6.07) is 0. The van der Waals surface area contributed by atoms with Crippen LogP contribution in [0.2, 0.25) is 0 Å². The summed E-state index contributed by atoms with van der Waals surface area (Å²) < 4.78 is 9.78. The van der Waals surface area contributed by atoms with E-state index in [0.717, 1.165) is 20.0 Å². The fourth-order valence-electron chi connectivity index (χ4n) is 3.48. The van der Waals surface area contributed by atoms with Gasteiger partial charge in [-0.1, -0.05) is 13.2 Å². The lowest BCUT2D eigenvalue weighted by molar-refractivity contribution is -0.139. The van der Waals surface area contributed by atoms with Gasteiger partial charge >= 0.3 is 5.97 Å². The van der Waals surface area contributed by atoms with Crippen LogP contribution in [0.5, 0.6) is 0 Å². The third-order valence-electron chi connectivity index (χ3n) is 5.39. The summed E-state index contributed by atoms with van der Waals surface area (Å²) in [5, 5.41) is 6.80. The van der Waals surface area contributed by atoms with Crippen LogP contribution in [0.1, 0.15) is 23.3 Å². The van der Waals surface area contributed by atoms with Gasteiger partial charge in [-0.25, -0.2) is 9.78 Å². The molecule has 0 spiro atoms. The molecule has 12 heteroatoms. The lowest BCUT2D eigenvalue weighted by atomic mass is 9.98. The van der Waals surface area contributed by atoms with Crippen LogP contribution in [0.15, 0.2) is 29.9 Å². The fourth-order valence-corrected chi connectivity index (χ4v) is 4.34. The number of anilines is 1. The second-order valence-corrected chi connectivity index (χ2v) is 8.41. The number of hydrogen-bond donors (Lipinski definition) is 2. The van der Waals surface area contributed by atoms with Gasteiger partial charge in [0.05, 0.1) is 12.8 Å². The van der Waals surface area contributed by atoms with Crippen LogP contribution >= 0.6 is 11.3 Å². The first-order chi connectivity index (χ1) is 15.8. The SMILES string of the molecule is C=C(NC(=O)c1csc(N2CCN(C(=O)C3CCOCC3)CC2)n1)C(=O)NC(=C)C(=O)OC. The number of ether oxygens (including phenoxy) is 2. The van der Waals surface area contributed by atoms with Crippen LogP contribution in [0.3, 0.4) is 0 Å². The Bertz CT molecular complexity index is 947. The van der Waals surface area contributed by atoms with Gasteiger partial charge in [-0.3, -0.25) is 14.4 Å². The van der Waals surface area contributed by atoms with Gasteiger partial charge in [-0.15, -0.1) is 11.3 Å². The molecule has 2 aliphatic rings. The molecule has 2 saturated heterocycles. The van der Waals surface area contributed by atoms with Crippen LogP contribution in [0.25, 0.3) is 0 Å². The average Bonchev–Trinajstić information content (AvgIpc) is 3.34. The second kappa shape index (κ2) is 11.1. The summed E-state index contributed by atoms with van der Waals surface area (Å²) in [6.45, 7) is 10.6. The second-order valence-electron chi connectivity index (χ2n) is 7.57. The van der Waals surface area contributed by atoms with Gasteiger partial charge in [0, 0.05) is 50.7 Å². The van der Waals surface area contributed by atoms with Crippen molar-refractivity contribution in [3.63, 3.8) is 0 Å². The molecule has 0 saturated carbocycles. The van der Waals surface area contributed by atoms with Gasteiger partial charge in [-0.2, -0.15) is 0 Å². The molecule has 3 heterocycles. The summed E-state index contributed by atoms with van der Waals surface area (Å²) in [5.41, 5.74) is -0.403. The lowest BCUT2D eigenvalue weighted by Crippen LogP contribution is -2.51. The third kappa shape index (κ3) is 6.17. The number of amides is 3. The maximum absolute atomic E-state index is 12.7. The first-order valence-corrected chi connectivity index (χ1v) is 11.3. The van der Waals surface area contributed by atoms with E-state index < -0.39 is 17.8 Å². The quantitative estimate of drug-likeness (QED) is 0.423. The highest BCUT2D eigenvalue weighted by Gasteiger charge is 2.29. The molecular formula is C21H27N5O6S. The van der Waals surface area contributed by atoms with Crippen molar-refractivity contribution in [2.45, 2.75) is 12.8 Å². The van der Waals surface area contributed by atoms with Crippen LogP contribution in [-0.2, 0) is 23.9 Å². The lowest BCUT2D eigenvalue weighted by Gasteiger charge is -2.37. The zero-order chi connectivity index (χ0) is 24.0. The molecule has 0 aliphatic carbocycles. The van der Waals surface area contributed by atoms with E-state index in [2.05, 4.69) is 33.5 Å². The van der Waals surface area contributed by atoms with Crippen LogP contribution < -0.4 is 15.5 Å². The van der Waals surface area contributed by atoms with E-state index in [0.29, 0.717) is 44.5 Å². The number of rotatable bonds is 7. The van der Waals surface area contributed by atoms with Crippen molar-refractivity contribution in [1.29, 1.82) is 0 Å². The average molecular weight is 478 g/mol. The molecular weight excluding hydrogens is 450 g/mol. The van der Waals surface area contributed by atoms with E-state index in [1.165, 1.54) is 11.3 Å². The molecule has 2 N–H and O–H groups in total. The highest BCUT2D eigenvalue weighted by Crippen LogP contribution is 2.24. The van der Waals surface area contributed by atoms with E-state index in [1.54, 1.807) is 5.38 Å². The van der Waals surface area contributed by atoms with Gasteiger partial charge in [0.15, 0.2) is 5.13 Å². The summed E-state index contributed by atoms with van der Waals surface area (Å²) >= 11 is 1.30. The van der Waals surface area contributed by atoms with Gasteiger partial charge in [0.1, 0.15) is 11.4 Å². The molecule has 1 aromatic heterocycles. The molecule has 0 unspecified atom stereocenters. The Kier molecular flexibility index (Phi) is 8.17. The van der Waals surface area contributed by atoms with E-state index in [4.69, 9.17) is 4.74 Å². The molecule has 0 atom stereocenters. The van der Waals surface area contributed by atoms with E-state index >= 15 is 0 Å². The Morgan fingerprint density at radius 3 is 2.39 bits per heavy atom. The minimum Gasteiger partial charge on any atom is -0.464 e. The number of thiazole rings is 1. The highest BCUT2D eigenvalue weighted by atomic mass is 32.1. The molecule has 0 aromatic carbocycles. The van der Waals surface area contributed by atoms with Gasteiger partial charge < -0.3 is 29.9 Å². The van der Waals surface area contributed by atoms with Gasteiger partial charge in [-0.05, 0) is 12.8 Å². The number of carbonyl (C=O) groups excluding carboxylic acids is 4. The fraction of sp³-hybridized carbons (Fsp3) is 0.476. The number of nitrogens with zero attached hydrogens (tertiary/aromatic N) is 3. The summed E-state index contributed by atoms with van der Waals surface area (Å²) in [4.78, 5) is 56.7. The van der Waals surface area contributed by atoms with Gasteiger partial charge in [0.25, 0.3) is 11.8 Å². The maximum Gasteiger partial charge on any atom is 0.353 e. The number of aromatic nitrogens is 1. The Morgan fingerprint density at radius 2 is 1.76 bits per heavy atom.